The molecular formula is C12H24N2O. The van der Waals surface area contributed by atoms with E-state index in [0.29, 0.717) is 0 Å². The maximum Gasteiger partial charge on any atom is 0.0639 e. The van der Waals surface area contributed by atoms with Crippen LogP contribution in [0.2, 0.25) is 0 Å². The first-order chi connectivity index (χ1) is 7.25. The van der Waals surface area contributed by atoms with Crippen molar-refractivity contribution in [1.82, 2.24) is 9.80 Å². The van der Waals surface area contributed by atoms with Crippen LogP contribution in [0.25, 0.3) is 0 Å². The van der Waals surface area contributed by atoms with Crippen molar-refractivity contribution in [2.75, 3.05) is 32.7 Å². The molecule has 3 nitrogen and oxygen atoms in total. The molecule has 1 atom stereocenters. The van der Waals surface area contributed by atoms with Gasteiger partial charge in [-0.3, -0.25) is 9.80 Å². The quantitative estimate of drug-likeness (QED) is 0.754. The molecule has 0 aromatic carbocycles. The van der Waals surface area contributed by atoms with Gasteiger partial charge in [-0.1, -0.05) is 12.8 Å². The van der Waals surface area contributed by atoms with E-state index in [4.69, 9.17) is 0 Å². The Kier molecular flexibility index (Phi) is 4.00. The fraction of sp³-hybridized carbons (Fsp3) is 1.00. The highest BCUT2D eigenvalue weighted by Gasteiger charge is 2.26. The van der Waals surface area contributed by atoms with Gasteiger partial charge >= 0.3 is 0 Å². The minimum absolute atomic E-state index is 0.178. The van der Waals surface area contributed by atoms with Gasteiger partial charge in [0.2, 0.25) is 0 Å². The number of rotatable bonds is 3. The lowest BCUT2D eigenvalue weighted by molar-refractivity contribution is 0.0633. The number of hydrogen-bond donors (Lipinski definition) is 1. The zero-order valence-corrected chi connectivity index (χ0v) is 9.86. The van der Waals surface area contributed by atoms with E-state index in [0.717, 1.165) is 25.7 Å². The van der Waals surface area contributed by atoms with Gasteiger partial charge in [-0.15, -0.1) is 0 Å². The summed E-state index contributed by atoms with van der Waals surface area (Å²) >= 11 is 0. The van der Waals surface area contributed by atoms with Crippen LogP contribution in [0.15, 0.2) is 0 Å². The minimum Gasteiger partial charge on any atom is -0.392 e. The van der Waals surface area contributed by atoms with Gasteiger partial charge in [0.1, 0.15) is 0 Å². The summed E-state index contributed by atoms with van der Waals surface area (Å²) < 4.78 is 0. The van der Waals surface area contributed by atoms with Gasteiger partial charge in [0, 0.05) is 38.8 Å². The minimum atomic E-state index is -0.178. The van der Waals surface area contributed by atoms with Gasteiger partial charge in [0.15, 0.2) is 0 Å². The predicted octanol–water partition coefficient (Wildman–Crippen LogP) is 0.927. The van der Waals surface area contributed by atoms with Crippen molar-refractivity contribution in [1.29, 1.82) is 0 Å². The Bertz CT molecular complexity index is 182. The molecule has 1 aliphatic heterocycles. The molecule has 1 N–H and O–H groups in total. The highest BCUT2D eigenvalue weighted by Crippen LogP contribution is 2.24. The highest BCUT2D eigenvalue weighted by molar-refractivity contribution is 4.82. The van der Waals surface area contributed by atoms with Crippen molar-refractivity contribution < 1.29 is 5.11 Å². The fourth-order valence-corrected chi connectivity index (χ4v) is 2.95. The van der Waals surface area contributed by atoms with Crippen LogP contribution in [-0.2, 0) is 0 Å². The second-order valence-corrected chi connectivity index (χ2v) is 5.12. The molecule has 1 saturated carbocycles. The average Bonchev–Trinajstić information content (AvgIpc) is 2.71. The number of aliphatic hydroxyl groups is 1. The zero-order valence-electron chi connectivity index (χ0n) is 9.86. The van der Waals surface area contributed by atoms with Crippen LogP contribution in [0, 0.1) is 0 Å². The summed E-state index contributed by atoms with van der Waals surface area (Å²) in [7, 11) is 0. The van der Waals surface area contributed by atoms with Gasteiger partial charge in [0.25, 0.3) is 0 Å². The average molecular weight is 212 g/mol. The fourth-order valence-electron chi connectivity index (χ4n) is 2.95. The van der Waals surface area contributed by atoms with Crippen LogP contribution in [0.5, 0.6) is 0 Å². The SMILES string of the molecule is C[C@H](O)CN1CCN(C2CCCC2)CC1. The van der Waals surface area contributed by atoms with Crippen molar-refractivity contribution in [3.05, 3.63) is 0 Å². The second kappa shape index (κ2) is 5.28. The van der Waals surface area contributed by atoms with Crippen LogP contribution in [0.4, 0.5) is 0 Å². The third-order valence-electron chi connectivity index (χ3n) is 3.77. The largest absolute Gasteiger partial charge is 0.392 e. The molecule has 0 bridgehead atoms. The Morgan fingerprint density at radius 1 is 1.13 bits per heavy atom. The van der Waals surface area contributed by atoms with Crippen LogP contribution >= 0.6 is 0 Å². The van der Waals surface area contributed by atoms with Crippen molar-refractivity contribution >= 4 is 0 Å². The molecule has 1 aliphatic carbocycles. The molecule has 0 aromatic rings. The van der Waals surface area contributed by atoms with Crippen LogP contribution in [0.1, 0.15) is 32.6 Å². The highest BCUT2D eigenvalue weighted by atomic mass is 16.3. The lowest BCUT2D eigenvalue weighted by Gasteiger charge is -2.38. The number of nitrogens with zero attached hydrogens (tertiary/aromatic N) is 2. The van der Waals surface area contributed by atoms with E-state index < -0.39 is 0 Å². The van der Waals surface area contributed by atoms with Crippen LogP contribution in [-0.4, -0.2) is 59.8 Å². The van der Waals surface area contributed by atoms with Crippen molar-refractivity contribution in [3.63, 3.8) is 0 Å². The molecule has 15 heavy (non-hydrogen) atoms. The molecule has 2 rings (SSSR count). The Morgan fingerprint density at radius 2 is 1.73 bits per heavy atom. The molecule has 1 heterocycles. The van der Waals surface area contributed by atoms with Crippen LogP contribution < -0.4 is 0 Å². The molecule has 0 spiro atoms. The third kappa shape index (κ3) is 3.16. The van der Waals surface area contributed by atoms with E-state index >= 15 is 0 Å². The van der Waals surface area contributed by atoms with Crippen molar-refractivity contribution in [2.45, 2.75) is 44.8 Å². The number of hydrogen-bond acceptors (Lipinski definition) is 3. The Morgan fingerprint density at radius 3 is 2.27 bits per heavy atom. The van der Waals surface area contributed by atoms with Gasteiger partial charge in [-0.2, -0.15) is 0 Å². The molecule has 88 valence electrons. The smallest absolute Gasteiger partial charge is 0.0639 e. The molecule has 0 radical (unpaired) electrons. The summed E-state index contributed by atoms with van der Waals surface area (Å²) in [6.07, 6.45) is 5.51. The van der Waals surface area contributed by atoms with E-state index in [1.807, 2.05) is 6.92 Å². The Hall–Kier alpha value is -0.120. The first kappa shape index (κ1) is 11.4. The van der Waals surface area contributed by atoms with E-state index in [1.165, 1.54) is 38.8 Å². The molecule has 1 saturated heterocycles. The summed E-state index contributed by atoms with van der Waals surface area (Å²) in [5.41, 5.74) is 0. The normalized spacial score (nSPS) is 28.4. The second-order valence-electron chi connectivity index (χ2n) is 5.12. The maximum atomic E-state index is 9.33. The number of piperazine rings is 1. The topological polar surface area (TPSA) is 26.7 Å². The first-order valence-corrected chi connectivity index (χ1v) is 6.40. The number of aliphatic hydroxyl groups excluding tert-OH is 1. The molecule has 2 fully saturated rings. The molecule has 2 aliphatic rings. The summed E-state index contributed by atoms with van der Waals surface area (Å²) in [6, 6.07) is 0.874. The van der Waals surface area contributed by atoms with Gasteiger partial charge < -0.3 is 5.11 Å². The first-order valence-electron chi connectivity index (χ1n) is 6.40. The Balaban J connectivity index is 1.71. The monoisotopic (exact) mass is 212 g/mol. The van der Waals surface area contributed by atoms with E-state index in [1.54, 1.807) is 0 Å². The van der Waals surface area contributed by atoms with Crippen molar-refractivity contribution in [2.24, 2.45) is 0 Å². The maximum absolute atomic E-state index is 9.33. The third-order valence-corrected chi connectivity index (χ3v) is 3.77. The predicted molar refractivity (Wildman–Crippen MR) is 61.9 cm³/mol. The molecular weight excluding hydrogens is 188 g/mol. The molecule has 0 amide bonds. The van der Waals surface area contributed by atoms with Crippen molar-refractivity contribution in [3.8, 4) is 0 Å². The van der Waals surface area contributed by atoms with E-state index in [9.17, 15) is 5.11 Å². The summed E-state index contributed by atoms with van der Waals surface area (Å²) in [6.45, 7) is 7.42. The standard InChI is InChI=1S/C12H24N2O/c1-11(15)10-13-6-8-14(9-7-13)12-4-2-3-5-12/h11-12,15H,2-10H2,1H3/t11-/m0/s1. The lowest BCUT2D eigenvalue weighted by Crippen LogP contribution is -2.50. The molecule has 0 unspecified atom stereocenters. The van der Waals surface area contributed by atoms with Gasteiger partial charge in [-0.25, -0.2) is 0 Å². The summed E-state index contributed by atoms with van der Waals surface area (Å²) in [5.74, 6) is 0. The summed E-state index contributed by atoms with van der Waals surface area (Å²) in [5, 5.41) is 9.33. The van der Waals surface area contributed by atoms with Gasteiger partial charge in [-0.05, 0) is 19.8 Å². The number of β-amino-alcohol motifs (C(OH)–C–C–N with tert-alkyl or cyclic N) is 1. The van der Waals surface area contributed by atoms with Crippen LogP contribution in [0.3, 0.4) is 0 Å². The van der Waals surface area contributed by atoms with E-state index in [-0.39, 0.29) is 6.10 Å². The molecule has 0 aromatic heterocycles. The lowest BCUT2D eigenvalue weighted by atomic mass is 10.2. The summed E-state index contributed by atoms with van der Waals surface area (Å²) in [4.78, 5) is 5.04. The zero-order chi connectivity index (χ0) is 10.7. The Labute approximate surface area is 93.1 Å². The molecule has 3 heteroatoms. The van der Waals surface area contributed by atoms with E-state index in [2.05, 4.69) is 9.80 Å². The van der Waals surface area contributed by atoms with Gasteiger partial charge in [0.05, 0.1) is 6.10 Å².